The first-order chi connectivity index (χ1) is 35.1. The summed E-state index contributed by atoms with van der Waals surface area (Å²) in [6.07, 6.45) is 0. The van der Waals surface area contributed by atoms with Gasteiger partial charge in [0.1, 0.15) is 38.2 Å². The van der Waals surface area contributed by atoms with Crippen LogP contribution in [0.1, 0.15) is 23.6 Å². The van der Waals surface area contributed by atoms with Crippen LogP contribution >= 0.6 is 11.3 Å². The molecule has 0 bridgehead atoms. The number of benzene rings is 5. The molecule has 0 unspecified atom stereocenters. The fraction of sp³-hybridized carbons (Fsp3) is 0.130. The van der Waals surface area contributed by atoms with Crippen LogP contribution in [-0.2, 0) is 62.0 Å². The Hall–Kier alpha value is -7.90. The Bertz CT molecular complexity index is 3990. The van der Waals surface area contributed by atoms with Crippen LogP contribution in [0.25, 0.3) is 21.9 Å². The first kappa shape index (κ1) is 53.9. The lowest BCUT2D eigenvalue weighted by atomic mass is 10.0. The van der Waals surface area contributed by atoms with Crippen molar-refractivity contribution >= 4 is 119 Å². The molecular weight excluding hydrogens is 1060 g/mol. The van der Waals surface area contributed by atoms with Crippen molar-refractivity contribution in [3.05, 3.63) is 120 Å². The summed E-state index contributed by atoms with van der Waals surface area (Å²) in [4.78, 5) is 15.4. The van der Waals surface area contributed by atoms with Crippen LogP contribution in [0.15, 0.2) is 143 Å². The van der Waals surface area contributed by atoms with Gasteiger partial charge in [0, 0.05) is 45.9 Å². The lowest BCUT2D eigenvalue weighted by Gasteiger charge is -2.16. The molecule has 7 rings (SSSR count). The summed E-state index contributed by atoms with van der Waals surface area (Å²) in [5, 5.41) is 47.6. The second-order valence-corrected chi connectivity index (χ2v) is 22.8. The SMILES string of the molecule is COS(=O)(=O)c1ccc(Nc2nc(Nc3ccc(S(=O)(=O)OC)cc3)c(N=Nc3sc(N=Nc4cc(S(=O)(=O)OC)c5cccc(S(=O)(=O)OC)c5c4)c(-c4ccc(NC(C)=O)cc4)c3C#N)c(C)c2C#N)cc1. The normalized spacial score (nSPS) is 12.2. The Morgan fingerprint density at radius 2 is 1.09 bits per heavy atom. The second kappa shape index (κ2) is 21.7. The third-order valence-electron chi connectivity index (χ3n) is 10.6. The predicted octanol–water partition coefficient (Wildman–Crippen LogP) is 9.63. The predicted molar refractivity (Wildman–Crippen MR) is 271 cm³/mol. The molecule has 0 aliphatic rings. The summed E-state index contributed by atoms with van der Waals surface area (Å²) in [5.74, 6) is -0.399. The molecule has 7 aromatic rings. The van der Waals surface area contributed by atoms with Crippen molar-refractivity contribution in [1.29, 1.82) is 10.5 Å². The number of nitriles is 2. The molecule has 0 fully saturated rings. The maximum atomic E-state index is 13.2. The zero-order valence-corrected chi connectivity index (χ0v) is 43.4. The van der Waals surface area contributed by atoms with Crippen molar-refractivity contribution < 1.29 is 55.2 Å². The minimum Gasteiger partial charge on any atom is -0.339 e. The van der Waals surface area contributed by atoms with E-state index in [0.29, 0.717) is 16.9 Å². The van der Waals surface area contributed by atoms with E-state index >= 15 is 0 Å². The highest BCUT2D eigenvalue weighted by Crippen LogP contribution is 2.49. The molecule has 2 aromatic heterocycles. The monoisotopic (exact) mass is 1100 g/mol. The van der Waals surface area contributed by atoms with Gasteiger partial charge < -0.3 is 16.0 Å². The average Bonchev–Trinajstić information content (AvgIpc) is 3.74. The number of azo groups is 2. The smallest absolute Gasteiger partial charge is 0.297 e. The summed E-state index contributed by atoms with van der Waals surface area (Å²) in [5.41, 5.74) is 1.46. The maximum Gasteiger partial charge on any atom is 0.297 e. The molecule has 5 aromatic carbocycles. The number of anilines is 5. The molecule has 0 aliphatic heterocycles. The zero-order valence-electron chi connectivity index (χ0n) is 39.3. The molecule has 28 heteroatoms. The van der Waals surface area contributed by atoms with E-state index in [0.717, 1.165) is 45.8 Å². The van der Waals surface area contributed by atoms with Crippen LogP contribution in [0.2, 0.25) is 0 Å². The number of aromatic nitrogens is 1. The minimum atomic E-state index is -4.49. The standard InChI is InChI=1S/C46H38N10O13S5/c1-26-37(24-47)43(50-30-14-18-33(19-15-30)71(58,59)66-3)52-44(51-31-16-20-34(21-17-31)72(60,61)67-4)42(26)54-55-45-38(25-48)41(28-10-12-29(13-11-28)49-27(2)57)46(70-45)56-53-32-22-36-35(40(23-32)74(64,65)69-6)8-7-9-39(36)73(62,63)68-5/h7-23H,1-6H3,(H,49,57)(H2,50,51,52). The van der Waals surface area contributed by atoms with Crippen molar-refractivity contribution in [2.45, 2.75) is 33.4 Å². The quantitative estimate of drug-likeness (QED) is 0.0531. The number of nitrogens with one attached hydrogen (secondary N) is 3. The van der Waals surface area contributed by atoms with Gasteiger partial charge in [0.25, 0.3) is 40.5 Å². The van der Waals surface area contributed by atoms with Crippen LogP contribution in [0, 0.1) is 29.6 Å². The molecule has 0 radical (unpaired) electrons. The van der Waals surface area contributed by atoms with Gasteiger partial charge in [-0.15, -0.1) is 20.5 Å². The molecule has 2 heterocycles. The fourth-order valence-corrected chi connectivity index (χ4v) is 11.0. The van der Waals surface area contributed by atoms with E-state index < -0.39 is 45.4 Å². The van der Waals surface area contributed by atoms with Gasteiger partial charge in [0.2, 0.25) is 5.91 Å². The lowest BCUT2D eigenvalue weighted by molar-refractivity contribution is -0.114. The first-order valence-electron chi connectivity index (χ1n) is 20.9. The largest absolute Gasteiger partial charge is 0.339 e. The molecule has 1 amide bonds. The molecule has 0 spiro atoms. The van der Waals surface area contributed by atoms with Crippen molar-refractivity contribution in [3.8, 4) is 23.3 Å². The van der Waals surface area contributed by atoms with Crippen LogP contribution in [0.3, 0.4) is 0 Å². The number of hydrogen-bond acceptors (Lipinski definition) is 23. The zero-order chi connectivity index (χ0) is 53.8. The van der Waals surface area contributed by atoms with Crippen LogP contribution in [0.4, 0.5) is 50.1 Å². The second-order valence-electron chi connectivity index (χ2n) is 15.1. The van der Waals surface area contributed by atoms with Crippen LogP contribution in [-0.4, -0.2) is 73.0 Å². The molecule has 0 saturated carbocycles. The summed E-state index contributed by atoms with van der Waals surface area (Å²) in [7, 11) is -13.1. The number of carbonyl (C=O) groups excluding carboxylic acids is 1. The van der Waals surface area contributed by atoms with E-state index in [1.165, 1.54) is 79.7 Å². The number of fused-ring (bicyclic) bond motifs is 1. The van der Waals surface area contributed by atoms with Crippen molar-refractivity contribution in [2.24, 2.45) is 20.5 Å². The number of nitrogens with zero attached hydrogens (tertiary/aromatic N) is 7. The van der Waals surface area contributed by atoms with Crippen molar-refractivity contribution in [3.63, 3.8) is 0 Å². The van der Waals surface area contributed by atoms with E-state index in [1.54, 1.807) is 31.2 Å². The third kappa shape index (κ3) is 11.3. The summed E-state index contributed by atoms with van der Waals surface area (Å²) in [6.45, 7) is 2.87. The van der Waals surface area contributed by atoms with Crippen molar-refractivity contribution in [2.75, 3.05) is 44.4 Å². The molecule has 0 aliphatic carbocycles. The minimum absolute atomic E-state index is 0.0176. The van der Waals surface area contributed by atoms with E-state index in [4.69, 9.17) is 8.37 Å². The number of amides is 1. The van der Waals surface area contributed by atoms with E-state index in [1.807, 2.05) is 0 Å². The molecule has 0 saturated heterocycles. The Kier molecular flexibility index (Phi) is 15.8. The Balaban J connectivity index is 1.41. The fourth-order valence-electron chi connectivity index (χ4n) is 7.02. The average molecular weight is 1100 g/mol. The molecule has 23 nitrogen and oxygen atoms in total. The maximum absolute atomic E-state index is 13.2. The topological polar surface area (TPSA) is 337 Å². The first-order valence-corrected chi connectivity index (χ1v) is 27.3. The van der Waals surface area contributed by atoms with E-state index in [9.17, 15) is 49.0 Å². The number of carbonyl (C=O) groups is 1. The van der Waals surface area contributed by atoms with Gasteiger partial charge >= 0.3 is 0 Å². The highest BCUT2D eigenvalue weighted by molar-refractivity contribution is 7.87. The van der Waals surface area contributed by atoms with Gasteiger partial charge in [-0.1, -0.05) is 35.6 Å². The molecule has 74 heavy (non-hydrogen) atoms. The molecule has 380 valence electrons. The Morgan fingerprint density at radius 3 is 1.62 bits per heavy atom. The van der Waals surface area contributed by atoms with E-state index in [2.05, 4.69) is 61.9 Å². The van der Waals surface area contributed by atoms with Crippen LogP contribution in [0.5, 0.6) is 0 Å². The van der Waals surface area contributed by atoms with E-state index in [-0.39, 0.29) is 92.3 Å². The highest BCUT2D eigenvalue weighted by atomic mass is 32.2. The molecule has 3 N–H and O–H groups in total. The molecular formula is C46H38N10O13S5. The Labute approximate surface area is 428 Å². The number of rotatable bonds is 18. The number of hydrogen-bond donors (Lipinski definition) is 3. The van der Waals surface area contributed by atoms with Gasteiger partial charge in [-0.05, 0) is 91.3 Å². The van der Waals surface area contributed by atoms with Crippen molar-refractivity contribution in [1.82, 2.24) is 4.98 Å². The lowest BCUT2D eigenvalue weighted by Crippen LogP contribution is -2.06. The van der Waals surface area contributed by atoms with Gasteiger partial charge in [0.15, 0.2) is 16.6 Å². The Morgan fingerprint density at radius 1 is 0.581 bits per heavy atom. The summed E-state index contributed by atoms with van der Waals surface area (Å²) < 4.78 is 121. The van der Waals surface area contributed by atoms with Gasteiger partial charge in [-0.25, -0.2) is 4.98 Å². The van der Waals surface area contributed by atoms with Gasteiger partial charge in [-0.3, -0.25) is 21.5 Å². The molecule has 0 atom stereocenters. The third-order valence-corrected chi connectivity index (χ3v) is 16.8. The van der Waals surface area contributed by atoms with Crippen LogP contribution < -0.4 is 16.0 Å². The number of thiophene rings is 1. The summed E-state index contributed by atoms with van der Waals surface area (Å²) in [6, 6.07) is 27.6. The highest BCUT2D eigenvalue weighted by Gasteiger charge is 2.26. The summed E-state index contributed by atoms with van der Waals surface area (Å²) >= 11 is 0.818. The number of pyridine rings is 1. The van der Waals surface area contributed by atoms with Gasteiger partial charge in [0.05, 0.1) is 49.5 Å². The van der Waals surface area contributed by atoms with Gasteiger partial charge in [-0.2, -0.15) is 44.2 Å².